The molecule has 0 bridgehead atoms. The van der Waals surface area contributed by atoms with Crippen molar-refractivity contribution in [2.75, 3.05) is 19.0 Å². The number of anilines is 1. The minimum absolute atomic E-state index is 0.00314. The molecule has 0 aliphatic heterocycles. The lowest BCUT2D eigenvalue weighted by Gasteiger charge is -2.07. The molecular formula is C14H17N5O3S. The number of nitro groups is 1. The number of urea groups is 1. The second-order valence-electron chi connectivity index (χ2n) is 4.98. The molecule has 2 rings (SSSR count). The van der Waals surface area contributed by atoms with Crippen LogP contribution in [0.4, 0.5) is 15.6 Å². The Morgan fingerprint density at radius 1 is 1.35 bits per heavy atom. The fourth-order valence-corrected chi connectivity index (χ4v) is 2.54. The minimum Gasteiger partial charge on any atom is -0.354 e. The van der Waals surface area contributed by atoms with Crippen LogP contribution in [-0.2, 0) is 13.1 Å². The number of hydrogen-bond donors (Lipinski definition) is 2. The molecule has 0 spiro atoms. The van der Waals surface area contributed by atoms with Crippen LogP contribution in [0, 0.1) is 10.1 Å². The highest BCUT2D eigenvalue weighted by Crippen LogP contribution is 2.17. The van der Waals surface area contributed by atoms with Gasteiger partial charge in [-0.15, -0.1) is 11.3 Å². The number of non-ortho nitro benzene ring substituents is 1. The van der Waals surface area contributed by atoms with Gasteiger partial charge in [0.15, 0.2) is 5.13 Å². The predicted molar refractivity (Wildman–Crippen MR) is 88.6 cm³/mol. The fourth-order valence-electron chi connectivity index (χ4n) is 1.78. The number of carbonyl (C=O) groups excluding carboxylic acids is 1. The quantitative estimate of drug-likeness (QED) is 0.622. The standard InChI is InChI=1S/C14H17N5O3S/c1-18(2)14-17-11(9-23-14)8-16-13(20)15-7-10-4-3-5-12(6-10)19(21)22/h3-6,9H,7-8H2,1-2H3,(H2,15,16,20). The van der Waals surface area contributed by atoms with Gasteiger partial charge in [0, 0.05) is 38.2 Å². The molecule has 2 N–H and O–H groups in total. The van der Waals surface area contributed by atoms with Crippen LogP contribution >= 0.6 is 11.3 Å². The van der Waals surface area contributed by atoms with Crippen LogP contribution in [0.3, 0.4) is 0 Å². The first-order chi connectivity index (χ1) is 11.0. The van der Waals surface area contributed by atoms with Gasteiger partial charge in [-0.2, -0.15) is 0 Å². The lowest BCUT2D eigenvalue weighted by Crippen LogP contribution is -2.34. The maximum Gasteiger partial charge on any atom is 0.315 e. The number of aromatic nitrogens is 1. The van der Waals surface area contributed by atoms with E-state index in [4.69, 9.17) is 0 Å². The van der Waals surface area contributed by atoms with Crippen molar-refractivity contribution in [3.63, 3.8) is 0 Å². The Balaban J connectivity index is 1.80. The van der Waals surface area contributed by atoms with E-state index in [2.05, 4.69) is 15.6 Å². The van der Waals surface area contributed by atoms with Gasteiger partial charge in [0.1, 0.15) is 0 Å². The van der Waals surface area contributed by atoms with Crippen molar-refractivity contribution < 1.29 is 9.72 Å². The Bertz CT molecular complexity index is 701. The molecule has 122 valence electrons. The van der Waals surface area contributed by atoms with Gasteiger partial charge in [-0.25, -0.2) is 9.78 Å². The highest BCUT2D eigenvalue weighted by molar-refractivity contribution is 7.13. The number of rotatable bonds is 6. The van der Waals surface area contributed by atoms with E-state index >= 15 is 0 Å². The summed E-state index contributed by atoms with van der Waals surface area (Å²) in [4.78, 5) is 28.2. The van der Waals surface area contributed by atoms with Gasteiger partial charge < -0.3 is 15.5 Å². The maximum atomic E-state index is 11.8. The van der Waals surface area contributed by atoms with Crippen LogP contribution in [0.1, 0.15) is 11.3 Å². The Labute approximate surface area is 137 Å². The molecule has 2 aromatic rings. The number of hydrogen-bond acceptors (Lipinski definition) is 6. The molecule has 0 saturated heterocycles. The van der Waals surface area contributed by atoms with E-state index < -0.39 is 4.92 Å². The molecular weight excluding hydrogens is 318 g/mol. The lowest BCUT2D eigenvalue weighted by atomic mass is 10.2. The van der Waals surface area contributed by atoms with Gasteiger partial charge in [-0.05, 0) is 5.56 Å². The summed E-state index contributed by atoms with van der Waals surface area (Å²) in [6.45, 7) is 0.540. The summed E-state index contributed by atoms with van der Waals surface area (Å²) in [6.07, 6.45) is 0. The zero-order valence-corrected chi connectivity index (χ0v) is 13.6. The average Bonchev–Trinajstić information content (AvgIpc) is 3.00. The van der Waals surface area contributed by atoms with Crippen LogP contribution < -0.4 is 15.5 Å². The molecule has 1 aromatic carbocycles. The van der Waals surface area contributed by atoms with Crippen molar-refractivity contribution in [3.05, 3.63) is 51.0 Å². The van der Waals surface area contributed by atoms with Crippen molar-refractivity contribution in [3.8, 4) is 0 Å². The molecule has 8 nitrogen and oxygen atoms in total. The van der Waals surface area contributed by atoms with Crippen LogP contribution in [0.2, 0.25) is 0 Å². The minimum atomic E-state index is -0.464. The van der Waals surface area contributed by atoms with Crippen molar-refractivity contribution in [2.45, 2.75) is 13.1 Å². The number of benzene rings is 1. The van der Waals surface area contributed by atoms with E-state index in [1.165, 1.54) is 23.5 Å². The van der Waals surface area contributed by atoms with E-state index in [0.717, 1.165) is 10.8 Å². The van der Waals surface area contributed by atoms with Gasteiger partial charge in [-0.3, -0.25) is 10.1 Å². The summed E-state index contributed by atoms with van der Waals surface area (Å²) in [6, 6.07) is 5.80. The third-order valence-corrected chi connectivity index (χ3v) is 3.98. The molecule has 0 aliphatic carbocycles. The summed E-state index contributed by atoms with van der Waals surface area (Å²) < 4.78 is 0. The smallest absolute Gasteiger partial charge is 0.315 e. The molecule has 0 unspecified atom stereocenters. The van der Waals surface area contributed by atoms with Crippen molar-refractivity contribution in [1.82, 2.24) is 15.6 Å². The lowest BCUT2D eigenvalue weighted by molar-refractivity contribution is -0.384. The first-order valence-electron chi connectivity index (χ1n) is 6.82. The summed E-state index contributed by atoms with van der Waals surface area (Å²) in [5, 5.41) is 18.8. The van der Waals surface area contributed by atoms with Gasteiger partial charge in [-0.1, -0.05) is 12.1 Å². The van der Waals surface area contributed by atoms with Crippen LogP contribution in [0.25, 0.3) is 0 Å². The highest BCUT2D eigenvalue weighted by atomic mass is 32.1. The van der Waals surface area contributed by atoms with Crippen LogP contribution in [0.15, 0.2) is 29.6 Å². The zero-order valence-electron chi connectivity index (χ0n) is 12.8. The maximum absolute atomic E-state index is 11.8. The summed E-state index contributed by atoms with van der Waals surface area (Å²) in [7, 11) is 3.81. The number of nitrogens with zero attached hydrogens (tertiary/aromatic N) is 3. The van der Waals surface area contributed by atoms with E-state index in [1.54, 1.807) is 12.1 Å². The molecule has 9 heteroatoms. The van der Waals surface area contributed by atoms with E-state index in [0.29, 0.717) is 12.1 Å². The molecule has 0 radical (unpaired) electrons. The van der Waals surface area contributed by atoms with Crippen molar-refractivity contribution in [1.29, 1.82) is 0 Å². The SMILES string of the molecule is CN(C)c1nc(CNC(=O)NCc2cccc([N+](=O)[O-])c2)cs1. The molecule has 0 saturated carbocycles. The van der Waals surface area contributed by atoms with Crippen molar-refractivity contribution in [2.24, 2.45) is 0 Å². The zero-order chi connectivity index (χ0) is 16.8. The van der Waals surface area contributed by atoms with Gasteiger partial charge in [0.25, 0.3) is 5.69 Å². The summed E-state index contributed by atoms with van der Waals surface area (Å²) >= 11 is 1.50. The Morgan fingerprint density at radius 3 is 2.74 bits per heavy atom. The number of nitrogens with one attached hydrogen (secondary N) is 2. The van der Waals surface area contributed by atoms with Crippen LogP contribution in [0.5, 0.6) is 0 Å². The second kappa shape index (κ2) is 7.54. The highest BCUT2D eigenvalue weighted by Gasteiger charge is 2.08. The van der Waals surface area contributed by atoms with E-state index in [1.807, 2.05) is 24.4 Å². The third kappa shape index (κ3) is 4.92. The van der Waals surface area contributed by atoms with Crippen molar-refractivity contribution >= 4 is 28.2 Å². The Morgan fingerprint density at radius 2 is 2.09 bits per heavy atom. The molecule has 0 atom stereocenters. The largest absolute Gasteiger partial charge is 0.354 e. The number of thiazole rings is 1. The number of carbonyl (C=O) groups is 1. The normalized spacial score (nSPS) is 10.2. The summed E-state index contributed by atoms with van der Waals surface area (Å²) in [5.41, 5.74) is 1.45. The van der Waals surface area contributed by atoms with Gasteiger partial charge in [0.2, 0.25) is 0 Å². The molecule has 2 amide bonds. The van der Waals surface area contributed by atoms with E-state index in [-0.39, 0.29) is 18.3 Å². The first-order valence-corrected chi connectivity index (χ1v) is 7.70. The van der Waals surface area contributed by atoms with Gasteiger partial charge in [0.05, 0.1) is 17.2 Å². The first kappa shape index (κ1) is 16.7. The molecule has 1 aromatic heterocycles. The summed E-state index contributed by atoms with van der Waals surface area (Å²) in [5.74, 6) is 0. The number of nitro benzene ring substituents is 1. The monoisotopic (exact) mass is 335 g/mol. The Hall–Kier alpha value is -2.68. The molecule has 0 fully saturated rings. The average molecular weight is 335 g/mol. The molecule has 23 heavy (non-hydrogen) atoms. The van der Waals surface area contributed by atoms with E-state index in [9.17, 15) is 14.9 Å². The second-order valence-corrected chi connectivity index (χ2v) is 5.82. The van der Waals surface area contributed by atoms with Crippen LogP contribution in [-0.4, -0.2) is 30.0 Å². The number of amides is 2. The predicted octanol–water partition coefficient (Wildman–Crippen LogP) is 2.12. The topological polar surface area (TPSA) is 100 Å². The van der Waals surface area contributed by atoms with Gasteiger partial charge >= 0.3 is 6.03 Å². The molecule has 1 heterocycles. The fraction of sp³-hybridized carbons (Fsp3) is 0.286. The molecule has 0 aliphatic rings. The Kier molecular flexibility index (Phi) is 5.47. The third-order valence-electron chi connectivity index (χ3n) is 2.93.